The number of aromatic nitrogens is 1. The maximum atomic E-state index is 12.6. The molecule has 15 heavy (non-hydrogen) atoms. The van der Waals surface area contributed by atoms with E-state index in [1.54, 1.807) is 22.6 Å². The van der Waals surface area contributed by atoms with Crippen molar-refractivity contribution in [2.45, 2.75) is 6.43 Å². The zero-order valence-electron chi connectivity index (χ0n) is 7.63. The molecular formula is C8H7F2IN2O2. The van der Waals surface area contributed by atoms with Crippen molar-refractivity contribution >= 4 is 34.4 Å². The lowest BCUT2D eigenvalue weighted by Crippen LogP contribution is -2.11. The van der Waals surface area contributed by atoms with Crippen LogP contribution in [0.1, 0.15) is 22.3 Å². The lowest BCUT2D eigenvalue weighted by atomic mass is 10.1. The van der Waals surface area contributed by atoms with Gasteiger partial charge in [-0.1, -0.05) is 0 Å². The van der Waals surface area contributed by atoms with Crippen LogP contribution >= 0.6 is 22.6 Å². The molecule has 1 rings (SSSR count). The van der Waals surface area contributed by atoms with Gasteiger partial charge in [0.15, 0.2) is 0 Å². The fourth-order valence-corrected chi connectivity index (χ4v) is 1.84. The van der Waals surface area contributed by atoms with E-state index in [2.05, 4.69) is 9.72 Å². The van der Waals surface area contributed by atoms with Gasteiger partial charge >= 0.3 is 5.97 Å². The number of methoxy groups -OCH3 is 1. The van der Waals surface area contributed by atoms with Crippen LogP contribution in [0.4, 0.5) is 14.6 Å². The second-order valence-electron chi connectivity index (χ2n) is 2.59. The van der Waals surface area contributed by atoms with Crippen molar-refractivity contribution in [2.24, 2.45) is 0 Å². The lowest BCUT2D eigenvalue weighted by molar-refractivity contribution is 0.0587. The first-order valence-electron chi connectivity index (χ1n) is 3.79. The Labute approximate surface area is 98.0 Å². The lowest BCUT2D eigenvalue weighted by Gasteiger charge is -2.09. The molecule has 1 aromatic rings. The number of rotatable bonds is 2. The zero-order chi connectivity index (χ0) is 11.6. The van der Waals surface area contributed by atoms with Gasteiger partial charge in [-0.15, -0.1) is 0 Å². The molecule has 0 fully saturated rings. The van der Waals surface area contributed by atoms with E-state index in [0.717, 1.165) is 13.2 Å². The van der Waals surface area contributed by atoms with Crippen LogP contribution in [-0.4, -0.2) is 18.1 Å². The molecule has 4 nitrogen and oxygen atoms in total. The molecule has 0 spiro atoms. The third kappa shape index (κ3) is 2.52. The Morgan fingerprint density at radius 2 is 2.27 bits per heavy atom. The quantitative estimate of drug-likeness (QED) is 0.512. The number of esters is 1. The molecular weight excluding hydrogens is 321 g/mol. The fraction of sp³-hybridized carbons (Fsp3) is 0.250. The van der Waals surface area contributed by atoms with Gasteiger partial charge in [-0.25, -0.2) is 18.6 Å². The van der Waals surface area contributed by atoms with Gasteiger partial charge in [0.05, 0.1) is 7.11 Å². The summed E-state index contributed by atoms with van der Waals surface area (Å²) in [7, 11) is 1.12. The van der Waals surface area contributed by atoms with E-state index < -0.39 is 18.0 Å². The number of nitrogens with zero attached hydrogens (tertiary/aromatic N) is 1. The van der Waals surface area contributed by atoms with Crippen molar-refractivity contribution in [3.05, 3.63) is 20.9 Å². The summed E-state index contributed by atoms with van der Waals surface area (Å²) in [5.74, 6) is -0.899. The van der Waals surface area contributed by atoms with Crippen LogP contribution in [0.3, 0.4) is 0 Å². The normalized spacial score (nSPS) is 10.5. The highest BCUT2D eigenvalue weighted by atomic mass is 127. The van der Waals surface area contributed by atoms with Gasteiger partial charge in [0.25, 0.3) is 6.43 Å². The number of hydrogen-bond donors (Lipinski definition) is 1. The van der Waals surface area contributed by atoms with Gasteiger partial charge in [0.2, 0.25) is 0 Å². The molecule has 2 N–H and O–H groups in total. The third-order valence-corrected chi connectivity index (χ3v) is 2.43. The van der Waals surface area contributed by atoms with Gasteiger partial charge in [-0.05, 0) is 28.7 Å². The number of nitrogens with two attached hydrogens (primary N) is 1. The molecule has 0 saturated heterocycles. The van der Waals surface area contributed by atoms with Crippen LogP contribution in [0.25, 0.3) is 0 Å². The first-order valence-corrected chi connectivity index (χ1v) is 4.87. The van der Waals surface area contributed by atoms with Crippen LogP contribution in [0.2, 0.25) is 0 Å². The molecule has 0 bridgehead atoms. The molecule has 0 saturated carbocycles. The highest BCUT2D eigenvalue weighted by molar-refractivity contribution is 14.1. The van der Waals surface area contributed by atoms with E-state index in [1.165, 1.54) is 0 Å². The first-order chi connectivity index (χ1) is 6.97. The number of carbonyl (C=O) groups is 1. The van der Waals surface area contributed by atoms with E-state index >= 15 is 0 Å². The van der Waals surface area contributed by atoms with Crippen molar-refractivity contribution < 1.29 is 18.3 Å². The highest BCUT2D eigenvalue weighted by Crippen LogP contribution is 2.27. The number of anilines is 1. The summed E-state index contributed by atoms with van der Waals surface area (Å²) in [6.45, 7) is 0. The second kappa shape index (κ2) is 4.69. The molecule has 0 aromatic carbocycles. The average molecular weight is 328 g/mol. The van der Waals surface area contributed by atoms with Gasteiger partial charge in [0, 0.05) is 5.56 Å². The number of alkyl halides is 2. The van der Waals surface area contributed by atoms with Crippen LogP contribution in [0.15, 0.2) is 6.07 Å². The summed E-state index contributed by atoms with van der Waals surface area (Å²) < 4.78 is 29.7. The summed E-state index contributed by atoms with van der Waals surface area (Å²) >= 11 is 1.66. The second-order valence-corrected chi connectivity index (χ2v) is 3.62. The molecule has 7 heteroatoms. The molecule has 0 aliphatic carbocycles. The summed E-state index contributed by atoms with van der Waals surface area (Å²) in [5.41, 5.74) is 4.61. The van der Waals surface area contributed by atoms with E-state index in [1.807, 2.05) is 0 Å². The van der Waals surface area contributed by atoms with E-state index in [4.69, 9.17) is 5.73 Å². The van der Waals surface area contributed by atoms with Crippen molar-refractivity contribution in [2.75, 3.05) is 12.8 Å². The van der Waals surface area contributed by atoms with Gasteiger partial charge in [0.1, 0.15) is 15.1 Å². The standard InChI is InChI=1S/C8H7F2IN2O2/c1-15-8(14)5-3(6(9)10)2-4(12)13-7(5)11/h2,6H,1H3,(H2,12,13). The van der Waals surface area contributed by atoms with Gasteiger partial charge in [-0.2, -0.15) is 0 Å². The summed E-state index contributed by atoms with van der Waals surface area (Å²) in [5, 5.41) is 0. The molecule has 0 atom stereocenters. The fourth-order valence-electron chi connectivity index (χ4n) is 1.03. The Kier molecular flexibility index (Phi) is 3.77. The number of ether oxygens (including phenoxy) is 1. The van der Waals surface area contributed by atoms with Crippen LogP contribution in [-0.2, 0) is 4.74 Å². The predicted molar refractivity (Wildman–Crippen MR) is 57.7 cm³/mol. The van der Waals surface area contributed by atoms with Crippen molar-refractivity contribution in [1.82, 2.24) is 4.98 Å². The number of hydrogen-bond acceptors (Lipinski definition) is 4. The van der Waals surface area contributed by atoms with E-state index in [-0.39, 0.29) is 15.1 Å². The van der Waals surface area contributed by atoms with Crippen LogP contribution in [0, 0.1) is 3.70 Å². The maximum Gasteiger partial charge on any atom is 0.341 e. The molecule has 0 amide bonds. The Morgan fingerprint density at radius 1 is 1.67 bits per heavy atom. The van der Waals surface area contributed by atoms with Crippen molar-refractivity contribution in [1.29, 1.82) is 0 Å². The number of nitrogen functional groups attached to an aromatic ring is 1. The Bertz CT molecular complexity index is 398. The summed E-state index contributed by atoms with van der Waals surface area (Å²) in [6.07, 6.45) is -2.79. The minimum Gasteiger partial charge on any atom is -0.465 e. The molecule has 1 heterocycles. The largest absolute Gasteiger partial charge is 0.465 e. The SMILES string of the molecule is COC(=O)c1c(C(F)F)cc(N)nc1I. The zero-order valence-corrected chi connectivity index (χ0v) is 9.79. The average Bonchev–Trinajstić information content (AvgIpc) is 2.15. The minimum atomic E-state index is -2.79. The minimum absolute atomic E-state index is 0.0534. The van der Waals surface area contributed by atoms with Crippen LogP contribution in [0.5, 0.6) is 0 Å². The summed E-state index contributed by atoms with van der Waals surface area (Å²) in [6, 6.07) is 0.971. The number of halogens is 3. The smallest absolute Gasteiger partial charge is 0.341 e. The topological polar surface area (TPSA) is 65.2 Å². The van der Waals surface area contributed by atoms with Crippen molar-refractivity contribution in [3.8, 4) is 0 Å². The molecule has 0 radical (unpaired) electrons. The first kappa shape index (κ1) is 12.1. The summed E-state index contributed by atoms with van der Waals surface area (Å²) in [4.78, 5) is 14.9. The van der Waals surface area contributed by atoms with Crippen molar-refractivity contribution in [3.63, 3.8) is 0 Å². The highest BCUT2D eigenvalue weighted by Gasteiger charge is 2.23. The molecule has 0 unspecified atom stereocenters. The van der Waals surface area contributed by atoms with Gasteiger partial charge < -0.3 is 10.5 Å². The Balaban J connectivity index is 3.40. The molecule has 82 valence electrons. The monoisotopic (exact) mass is 328 g/mol. The third-order valence-electron chi connectivity index (χ3n) is 1.65. The number of carbonyl (C=O) groups excluding carboxylic acids is 1. The predicted octanol–water partition coefficient (Wildman–Crippen LogP) is 1.99. The molecule has 1 aromatic heterocycles. The maximum absolute atomic E-state index is 12.6. The number of pyridine rings is 1. The van der Waals surface area contributed by atoms with Crippen LogP contribution < -0.4 is 5.73 Å². The Morgan fingerprint density at radius 3 is 2.73 bits per heavy atom. The molecule has 0 aliphatic rings. The van der Waals surface area contributed by atoms with E-state index in [9.17, 15) is 13.6 Å². The van der Waals surface area contributed by atoms with Gasteiger partial charge in [-0.3, -0.25) is 0 Å². The van der Waals surface area contributed by atoms with E-state index in [0.29, 0.717) is 0 Å². The molecule has 0 aliphatic heterocycles. The Hall–Kier alpha value is -0.990.